The number of fused-ring (bicyclic) bond motifs is 1. The van der Waals surface area contributed by atoms with Crippen LogP contribution in [-0.2, 0) is 11.3 Å². The largest absolute Gasteiger partial charge is 0.480 e. The van der Waals surface area contributed by atoms with Crippen LogP contribution in [0.25, 0.3) is 11.0 Å². The van der Waals surface area contributed by atoms with Gasteiger partial charge in [0.15, 0.2) is 0 Å². The van der Waals surface area contributed by atoms with Crippen LogP contribution < -0.4 is 0 Å². The number of hydrogen-bond donors (Lipinski definition) is 1. The summed E-state index contributed by atoms with van der Waals surface area (Å²) in [4.78, 5) is 12.8. The maximum absolute atomic E-state index is 10.9. The van der Waals surface area contributed by atoms with Gasteiger partial charge >= 0.3 is 5.97 Å². The third-order valence-electron chi connectivity index (χ3n) is 3.61. The summed E-state index contributed by atoms with van der Waals surface area (Å²) in [6, 6.07) is 6.29. The van der Waals surface area contributed by atoms with Crippen molar-refractivity contribution in [2.75, 3.05) is 6.54 Å². The number of aliphatic carboxylic acids is 1. The lowest BCUT2D eigenvalue weighted by atomic mass is 10.1. The van der Waals surface area contributed by atoms with Crippen LogP contribution in [0.15, 0.2) is 22.6 Å². The number of benzene rings is 1. The highest BCUT2D eigenvalue weighted by molar-refractivity contribution is 5.79. The zero-order valence-corrected chi connectivity index (χ0v) is 12.4. The molecule has 0 amide bonds. The fraction of sp³-hybridized carbons (Fsp3) is 0.438. The zero-order chi connectivity index (χ0) is 14.9. The van der Waals surface area contributed by atoms with E-state index in [0.29, 0.717) is 6.54 Å². The molecule has 1 heterocycles. The molecule has 1 aromatic carbocycles. The molecule has 0 atom stereocenters. The van der Waals surface area contributed by atoms with Crippen LogP contribution in [0, 0.1) is 13.8 Å². The average Bonchev–Trinajstić information content (AvgIpc) is 2.69. The lowest BCUT2D eigenvalue weighted by molar-refractivity contribution is -0.139. The Hall–Kier alpha value is -1.81. The molecular weight excluding hydrogens is 254 g/mol. The van der Waals surface area contributed by atoms with Crippen molar-refractivity contribution in [2.45, 2.75) is 40.3 Å². The van der Waals surface area contributed by atoms with Crippen LogP contribution in [0.2, 0.25) is 0 Å². The molecule has 1 aromatic heterocycles. The predicted molar refractivity (Wildman–Crippen MR) is 78.9 cm³/mol. The molecule has 20 heavy (non-hydrogen) atoms. The molecule has 0 aliphatic heterocycles. The van der Waals surface area contributed by atoms with Crippen molar-refractivity contribution < 1.29 is 14.3 Å². The van der Waals surface area contributed by atoms with Gasteiger partial charge in [0, 0.05) is 11.4 Å². The Labute approximate surface area is 119 Å². The first-order valence-electron chi connectivity index (χ1n) is 6.82. The maximum Gasteiger partial charge on any atom is 0.317 e. The average molecular weight is 275 g/mol. The van der Waals surface area contributed by atoms with E-state index in [0.717, 1.165) is 16.7 Å². The van der Waals surface area contributed by atoms with Crippen molar-refractivity contribution in [3.05, 3.63) is 35.1 Å². The molecule has 0 unspecified atom stereocenters. The van der Waals surface area contributed by atoms with Gasteiger partial charge in [0.05, 0.1) is 13.1 Å². The van der Waals surface area contributed by atoms with Crippen molar-refractivity contribution in [1.82, 2.24) is 4.90 Å². The lowest BCUT2D eigenvalue weighted by Gasteiger charge is -2.23. The maximum atomic E-state index is 10.9. The summed E-state index contributed by atoms with van der Waals surface area (Å²) >= 11 is 0. The topological polar surface area (TPSA) is 53.7 Å². The normalized spacial score (nSPS) is 11.7. The van der Waals surface area contributed by atoms with Gasteiger partial charge in [-0.15, -0.1) is 0 Å². The van der Waals surface area contributed by atoms with Crippen LogP contribution >= 0.6 is 0 Å². The summed E-state index contributed by atoms with van der Waals surface area (Å²) in [5, 5.41) is 10.0. The molecule has 0 saturated heterocycles. The molecule has 4 nitrogen and oxygen atoms in total. The Morgan fingerprint density at radius 1 is 1.25 bits per heavy atom. The minimum atomic E-state index is -0.818. The Kier molecular flexibility index (Phi) is 4.14. The van der Waals surface area contributed by atoms with Gasteiger partial charge in [0.1, 0.15) is 11.3 Å². The fourth-order valence-corrected chi connectivity index (χ4v) is 2.23. The first kappa shape index (κ1) is 14.6. The molecule has 0 spiro atoms. The molecule has 4 heteroatoms. The fourth-order valence-electron chi connectivity index (χ4n) is 2.23. The SMILES string of the molecule is Cc1cc2cc(CN(CC(=O)O)C(C)C)oc2cc1C. The molecule has 0 bridgehead atoms. The van der Waals surface area contributed by atoms with Gasteiger partial charge in [-0.1, -0.05) is 0 Å². The standard InChI is InChI=1S/C16H21NO3/c1-10(2)17(9-16(18)19)8-14-7-13-5-11(3)12(4)6-15(13)20-14/h5-7,10H,8-9H2,1-4H3,(H,18,19). The van der Waals surface area contributed by atoms with E-state index in [4.69, 9.17) is 9.52 Å². The molecule has 0 aliphatic rings. The number of carbonyl (C=O) groups is 1. The number of carboxylic acid groups (broad SMARTS) is 1. The first-order chi connectivity index (χ1) is 9.36. The molecule has 0 fully saturated rings. The van der Waals surface area contributed by atoms with Crippen molar-refractivity contribution in [3.63, 3.8) is 0 Å². The highest BCUT2D eigenvalue weighted by Crippen LogP contribution is 2.24. The Morgan fingerprint density at radius 3 is 2.50 bits per heavy atom. The summed E-state index contributed by atoms with van der Waals surface area (Å²) in [5.41, 5.74) is 3.29. The molecule has 0 radical (unpaired) electrons. The molecule has 108 valence electrons. The highest BCUT2D eigenvalue weighted by Gasteiger charge is 2.16. The summed E-state index contributed by atoms with van der Waals surface area (Å²) in [7, 11) is 0. The van der Waals surface area contributed by atoms with Crippen LogP contribution in [0.4, 0.5) is 0 Å². The van der Waals surface area contributed by atoms with Gasteiger partial charge in [0.25, 0.3) is 0 Å². The molecule has 1 N–H and O–H groups in total. The minimum Gasteiger partial charge on any atom is -0.480 e. The molecular formula is C16H21NO3. The van der Waals surface area contributed by atoms with Crippen LogP contribution in [-0.4, -0.2) is 28.6 Å². The first-order valence-corrected chi connectivity index (χ1v) is 6.82. The number of furan rings is 1. The van der Waals surface area contributed by atoms with Gasteiger partial charge in [-0.25, -0.2) is 0 Å². The second kappa shape index (κ2) is 5.67. The van der Waals surface area contributed by atoms with E-state index >= 15 is 0 Å². The second-order valence-corrected chi connectivity index (χ2v) is 5.58. The summed E-state index contributed by atoms with van der Waals surface area (Å²) in [6.07, 6.45) is 0. The highest BCUT2D eigenvalue weighted by atomic mass is 16.4. The number of carboxylic acids is 1. The molecule has 2 rings (SSSR count). The van der Waals surface area contributed by atoms with E-state index < -0.39 is 5.97 Å². The van der Waals surface area contributed by atoms with Gasteiger partial charge < -0.3 is 9.52 Å². The zero-order valence-electron chi connectivity index (χ0n) is 12.4. The predicted octanol–water partition coefficient (Wildman–Crippen LogP) is 3.34. The van der Waals surface area contributed by atoms with Gasteiger partial charge in [-0.3, -0.25) is 9.69 Å². The van der Waals surface area contributed by atoms with E-state index in [9.17, 15) is 4.79 Å². The van der Waals surface area contributed by atoms with E-state index in [1.165, 1.54) is 11.1 Å². The van der Waals surface area contributed by atoms with Gasteiger partial charge in [-0.05, 0) is 57.0 Å². The molecule has 0 saturated carbocycles. The molecule has 0 aliphatic carbocycles. The van der Waals surface area contributed by atoms with Crippen LogP contribution in [0.5, 0.6) is 0 Å². The van der Waals surface area contributed by atoms with Crippen LogP contribution in [0.1, 0.15) is 30.7 Å². The summed E-state index contributed by atoms with van der Waals surface area (Å²) < 4.78 is 5.83. The second-order valence-electron chi connectivity index (χ2n) is 5.58. The van der Waals surface area contributed by atoms with Crippen molar-refractivity contribution in [1.29, 1.82) is 0 Å². The van der Waals surface area contributed by atoms with Gasteiger partial charge in [-0.2, -0.15) is 0 Å². The van der Waals surface area contributed by atoms with E-state index in [1.807, 2.05) is 30.9 Å². The monoisotopic (exact) mass is 275 g/mol. The van der Waals surface area contributed by atoms with Crippen molar-refractivity contribution in [2.24, 2.45) is 0 Å². The number of rotatable bonds is 5. The third-order valence-corrected chi connectivity index (χ3v) is 3.61. The van der Waals surface area contributed by atoms with Gasteiger partial charge in [0.2, 0.25) is 0 Å². The Bertz CT molecular complexity index is 589. The summed E-state index contributed by atoms with van der Waals surface area (Å²) in [6.45, 7) is 8.64. The summed E-state index contributed by atoms with van der Waals surface area (Å²) in [5.74, 6) is -0.0125. The van der Waals surface area contributed by atoms with Crippen LogP contribution in [0.3, 0.4) is 0 Å². The third kappa shape index (κ3) is 3.20. The Morgan fingerprint density at radius 2 is 1.90 bits per heavy atom. The number of aryl methyl sites for hydroxylation is 2. The number of hydrogen-bond acceptors (Lipinski definition) is 3. The van der Waals surface area contributed by atoms with E-state index in [-0.39, 0.29) is 12.6 Å². The van der Waals surface area contributed by atoms with Crippen molar-refractivity contribution >= 4 is 16.9 Å². The lowest BCUT2D eigenvalue weighted by Crippen LogP contribution is -2.34. The molecule has 2 aromatic rings. The Balaban J connectivity index is 2.26. The van der Waals surface area contributed by atoms with E-state index in [1.54, 1.807) is 0 Å². The quantitative estimate of drug-likeness (QED) is 0.909. The number of nitrogens with zero attached hydrogens (tertiary/aromatic N) is 1. The van der Waals surface area contributed by atoms with E-state index in [2.05, 4.69) is 19.9 Å². The van der Waals surface area contributed by atoms with Crippen molar-refractivity contribution in [3.8, 4) is 0 Å². The minimum absolute atomic E-state index is 0.0206. The smallest absolute Gasteiger partial charge is 0.317 e.